The van der Waals surface area contributed by atoms with E-state index in [9.17, 15) is 14.0 Å². The van der Waals surface area contributed by atoms with Crippen LogP contribution in [0.15, 0.2) is 48.5 Å². The smallest absolute Gasteiger partial charge is 0.313 e. The zero-order valence-corrected chi connectivity index (χ0v) is 16.1. The van der Waals surface area contributed by atoms with Crippen molar-refractivity contribution in [2.24, 2.45) is 0 Å². The highest BCUT2D eigenvalue weighted by Gasteiger charge is 2.18. The molecule has 148 valence electrons. The van der Waals surface area contributed by atoms with Crippen LogP contribution >= 0.6 is 11.6 Å². The fourth-order valence-electron chi connectivity index (χ4n) is 3.04. The van der Waals surface area contributed by atoms with Gasteiger partial charge >= 0.3 is 11.8 Å². The summed E-state index contributed by atoms with van der Waals surface area (Å²) in [4.78, 5) is 28.4. The minimum Gasteiger partial charge on any atom is -0.369 e. The number of hydrogen-bond acceptors (Lipinski definition) is 4. The molecular formula is C20H22ClFN4O2. The number of carbonyl (C=O) groups is 2. The van der Waals surface area contributed by atoms with E-state index < -0.39 is 17.6 Å². The standard InChI is InChI=1S/C20H22ClFN4O2/c21-17-14-15(6-7-18(17)22)24-20(28)19(27)23-8-9-25-10-12-26(13-11-25)16-4-2-1-3-5-16/h1-7,14H,8-13H2,(H,23,27)(H,24,28). The first kappa shape index (κ1) is 20.1. The van der Waals surface area contributed by atoms with Crippen molar-refractivity contribution in [3.05, 3.63) is 59.4 Å². The van der Waals surface area contributed by atoms with Gasteiger partial charge in [0.05, 0.1) is 5.02 Å². The van der Waals surface area contributed by atoms with Crippen molar-refractivity contribution in [2.45, 2.75) is 0 Å². The molecule has 1 aliphatic rings. The van der Waals surface area contributed by atoms with Gasteiger partial charge in [-0.15, -0.1) is 0 Å². The van der Waals surface area contributed by atoms with E-state index >= 15 is 0 Å². The van der Waals surface area contributed by atoms with Crippen molar-refractivity contribution in [1.82, 2.24) is 10.2 Å². The minimum atomic E-state index is -0.809. The van der Waals surface area contributed by atoms with Crippen LogP contribution < -0.4 is 15.5 Å². The summed E-state index contributed by atoms with van der Waals surface area (Å²) in [5.74, 6) is -2.13. The fraction of sp³-hybridized carbons (Fsp3) is 0.300. The van der Waals surface area contributed by atoms with E-state index in [0.29, 0.717) is 13.1 Å². The number of nitrogens with zero attached hydrogens (tertiary/aromatic N) is 2. The lowest BCUT2D eigenvalue weighted by Crippen LogP contribution is -2.49. The van der Waals surface area contributed by atoms with Crippen molar-refractivity contribution in [3.63, 3.8) is 0 Å². The van der Waals surface area contributed by atoms with Gasteiger partial charge < -0.3 is 15.5 Å². The van der Waals surface area contributed by atoms with Crippen LogP contribution in [0.2, 0.25) is 5.02 Å². The molecule has 1 aliphatic heterocycles. The van der Waals surface area contributed by atoms with Crippen LogP contribution in [0, 0.1) is 5.82 Å². The summed E-state index contributed by atoms with van der Waals surface area (Å²) >= 11 is 5.66. The van der Waals surface area contributed by atoms with Crippen LogP contribution in [0.5, 0.6) is 0 Å². The lowest BCUT2D eigenvalue weighted by molar-refractivity contribution is -0.136. The Morgan fingerprint density at radius 3 is 2.39 bits per heavy atom. The number of piperazine rings is 1. The maximum absolute atomic E-state index is 13.1. The van der Waals surface area contributed by atoms with E-state index in [1.807, 2.05) is 18.2 Å². The normalized spacial score (nSPS) is 14.6. The predicted octanol–water partition coefficient (Wildman–Crippen LogP) is 2.36. The first-order valence-electron chi connectivity index (χ1n) is 9.09. The minimum absolute atomic E-state index is 0.118. The first-order valence-corrected chi connectivity index (χ1v) is 9.47. The Kier molecular flexibility index (Phi) is 6.84. The summed E-state index contributed by atoms with van der Waals surface area (Å²) in [6, 6.07) is 14.0. The Hall–Kier alpha value is -2.64. The lowest BCUT2D eigenvalue weighted by atomic mass is 10.2. The van der Waals surface area contributed by atoms with Crippen molar-refractivity contribution in [3.8, 4) is 0 Å². The number of benzene rings is 2. The molecule has 0 atom stereocenters. The van der Waals surface area contributed by atoms with Gasteiger partial charge in [-0.2, -0.15) is 0 Å². The molecule has 28 heavy (non-hydrogen) atoms. The zero-order chi connectivity index (χ0) is 19.9. The first-order chi connectivity index (χ1) is 13.5. The molecular weight excluding hydrogens is 383 g/mol. The molecule has 0 unspecified atom stereocenters. The van der Waals surface area contributed by atoms with Crippen molar-refractivity contribution in [1.29, 1.82) is 0 Å². The molecule has 1 fully saturated rings. The molecule has 8 heteroatoms. The van der Waals surface area contributed by atoms with Crippen LogP contribution in [0.1, 0.15) is 0 Å². The second kappa shape index (κ2) is 9.52. The number of amides is 2. The third-order valence-corrected chi connectivity index (χ3v) is 4.88. The number of hydrogen-bond donors (Lipinski definition) is 2. The zero-order valence-electron chi connectivity index (χ0n) is 15.3. The summed E-state index contributed by atoms with van der Waals surface area (Å²) < 4.78 is 13.1. The van der Waals surface area contributed by atoms with Crippen molar-refractivity contribution in [2.75, 3.05) is 49.5 Å². The Morgan fingerprint density at radius 2 is 1.71 bits per heavy atom. The van der Waals surface area contributed by atoms with E-state index in [1.54, 1.807) is 0 Å². The second-order valence-electron chi connectivity index (χ2n) is 6.50. The third-order valence-electron chi connectivity index (χ3n) is 4.59. The number of halogens is 2. The second-order valence-corrected chi connectivity index (χ2v) is 6.91. The average molecular weight is 405 g/mol. The van der Waals surface area contributed by atoms with E-state index in [2.05, 4.69) is 32.6 Å². The molecule has 2 N–H and O–H groups in total. The van der Waals surface area contributed by atoms with Gasteiger partial charge in [0.1, 0.15) is 5.82 Å². The highest BCUT2D eigenvalue weighted by Crippen LogP contribution is 2.19. The molecule has 0 radical (unpaired) electrons. The van der Waals surface area contributed by atoms with E-state index in [1.165, 1.54) is 17.8 Å². The van der Waals surface area contributed by atoms with Gasteiger partial charge in [0.25, 0.3) is 0 Å². The van der Waals surface area contributed by atoms with Gasteiger partial charge in [0.2, 0.25) is 0 Å². The molecule has 3 rings (SSSR count). The van der Waals surface area contributed by atoms with Gasteiger partial charge in [0.15, 0.2) is 0 Å². The Morgan fingerprint density at radius 1 is 1.00 bits per heavy atom. The summed E-state index contributed by atoms with van der Waals surface area (Å²) in [6.45, 7) is 4.68. The van der Waals surface area contributed by atoms with Gasteiger partial charge in [-0.3, -0.25) is 14.5 Å². The molecule has 0 spiro atoms. The average Bonchev–Trinajstić information content (AvgIpc) is 2.72. The highest BCUT2D eigenvalue weighted by atomic mass is 35.5. The van der Waals surface area contributed by atoms with Crippen LogP contribution in [0.25, 0.3) is 0 Å². The largest absolute Gasteiger partial charge is 0.369 e. The number of para-hydroxylation sites is 1. The summed E-state index contributed by atoms with van der Waals surface area (Å²) in [7, 11) is 0. The van der Waals surface area contributed by atoms with Crippen molar-refractivity contribution >= 4 is 34.8 Å². The summed E-state index contributed by atoms with van der Waals surface area (Å²) in [6.07, 6.45) is 0. The summed E-state index contributed by atoms with van der Waals surface area (Å²) in [5, 5.41) is 4.89. The third kappa shape index (κ3) is 5.43. The molecule has 0 bridgehead atoms. The van der Waals surface area contributed by atoms with Crippen LogP contribution in [-0.4, -0.2) is 56.0 Å². The Balaban J connectivity index is 1.37. The molecule has 6 nitrogen and oxygen atoms in total. The fourth-order valence-corrected chi connectivity index (χ4v) is 3.22. The van der Waals surface area contributed by atoms with E-state index in [-0.39, 0.29) is 10.7 Å². The topological polar surface area (TPSA) is 64.7 Å². The molecule has 2 amide bonds. The number of nitrogens with one attached hydrogen (secondary N) is 2. The van der Waals surface area contributed by atoms with Crippen LogP contribution in [0.4, 0.5) is 15.8 Å². The quantitative estimate of drug-likeness (QED) is 0.751. The number of rotatable bonds is 5. The SMILES string of the molecule is O=C(NCCN1CCN(c2ccccc2)CC1)C(=O)Nc1ccc(F)c(Cl)c1. The van der Waals surface area contributed by atoms with Crippen LogP contribution in [0.3, 0.4) is 0 Å². The maximum Gasteiger partial charge on any atom is 0.313 e. The Bertz CT molecular complexity index is 826. The van der Waals surface area contributed by atoms with Crippen LogP contribution in [-0.2, 0) is 9.59 Å². The monoisotopic (exact) mass is 404 g/mol. The number of anilines is 2. The molecule has 2 aromatic rings. The van der Waals surface area contributed by atoms with Gasteiger partial charge in [-0.05, 0) is 30.3 Å². The highest BCUT2D eigenvalue weighted by molar-refractivity contribution is 6.39. The molecule has 1 saturated heterocycles. The predicted molar refractivity (Wildman–Crippen MR) is 108 cm³/mol. The molecule has 1 heterocycles. The van der Waals surface area contributed by atoms with Gasteiger partial charge in [-0.25, -0.2) is 4.39 Å². The molecule has 0 aliphatic carbocycles. The van der Waals surface area contributed by atoms with E-state index in [0.717, 1.165) is 32.2 Å². The van der Waals surface area contributed by atoms with Gasteiger partial charge in [-0.1, -0.05) is 29.8 Å². The molecule has 0 aromatic heterocycles. The molecule has 0 saturated carbocycles. The molecule has 2 aromatic carbocycles. The maximum atomic E-state index is 13.1. The van der Waals surface area contributed by atoms with Gasteiger partial charge in [0, 0.05) is 50.6 Å². The number of carbonyl (C=O) groups excluding carboxylic acids is 2. The Labute approximate surface area is 168 Å². The van der Waals surface area contributed by atoms with Crippen molar-refractivity contribution < 1.29 is 14.0 Å². The lowest BCUT2D eigenvalue weighted by Gasteiger charge is -2.36. The van der Waals surface area contributed by atoms with E-state index in [4.69, 9.17) is 11.6 Å². The summed E-state index contributed by atoms with van der Waals surface area (Å²) in [5.41, 5.74) is 1.48.